The zero-order chi connectivity index (χ0) is 31.6. The number of likely N-dealkylation sites (tertiary alicyclic amines) is 1. The molecule has 1 aliphatic heterocycles. The number of amides is 2. The Morgan fingerprint density at radius 1 is 0.933 bits per heavy atom. The third-order valence-electron chi connectivity index (χ3n) is 8.14. The molecule has 0 unspecified atom stereocenters. The number of carbonyl (C=O) groups excluding carboxylic acids is 2. The highest BCUT2D eigenvalue weighted by molar-refractivity contribution is 6.42. The summed E-state index contributed by atoms with van der Waals surface area (Å²) in [6.07, 6.45) is 2.41. The summed E-state index contributed by atoms with van der Waals surface area (Å²) in [5.41, 5.74) is 5.51. The van der Waals surface area contributed by atoms with E-state index in [0.29, 0.717) is 36.0 Å². The minimum absolute atomic E-state index is 0.00934. The molecule has 1 fully saturated rings. The number of benzene rings is 4. The predicted molar refractivity (Wildman–Crippen MR) is 181 cm³/mol. The molecule has 230 valence electrons. The van der Waals surface area contributed by atoms with Crippen LogP contribution in [0.3, 0.4) is 0 Å². The Morgan fingerprint density at radius 3 is 2.16 bits per heavy atom. The number of nitrogens with one attached hydrogen (secondary N) is 3. The van der Waals surface area contributed by atoms with E-state index < -0.39 is 11.4 Å². The molecule has 0 spiro atoms. The SMILES string of the molecule is N=C(/C=N\NCCc1ccc(Cl)cc1Cl)[C@@]1(C(=O)NCc2ccccc2)CC(=O)N1CCC(c1ccccc1)c1ccccc1. The molecule has 1 heterocycles. The lowest BCUT2D eigenvalue weighted by molar-refractivity contribution is -0.159. The van der Waals surface area contributed by atoms with Crippen LogP contribution in [0.4, 0.5) is 0 Å². The van der Waals surface area contributed by atoms with Gasteiger partial charge in [-0.05, 0) is 47.2 Å². The molecule has 45 heavy (non-hydrogen) atoms. The van der Waals surface area contributed by atoms with Crippen molar-refractivity contribution in [3.05, 3.63) is 141 Å². The van der Waals surface area contributed by atoms with Crippen LogP contribution in [0.2, 0.25) is 10.0 Å². The van der Waals surface area contributed by atoms with Gasteiger partial charge in [-0.25, -0.2) is 0 Å². The van der Waals surface area contributed by atoms with Crippen LogP contribution in [0.5, 0.6) is 0 Å². The third kappa shape index (κ3) is 7.62. The molecular weight excluding hydrogens is 605 g/mol. The summed E-state index contributed by atoms with van der Waals surface area (Å²) in [7, 11) is 0. The van der Waals surface area contributed by atoms with E-state index in [-0.39, 0.29) is 30.5 Å². The second-order valence-electron chi connectivity index (χ2n) is 11.0. The average Bonchev–Trinajstić information content (AvgIpc) is 3.06. The standard InChI is InChI=1S/C36H35Cl2N5O2/c37-30-17-16-29(32(38)22-30)18-20-41-42-25-33(39)36(35(45)40-24-26-10-4-1-5-11-26)23-34(44)43(36)21-19-31(27-12-6-2-7-13-27)28-14-8-3-9-15-28/h1-17,22,25,31,39,41H,18-21,23-24H2,(H,40,45)/b39-33?,42-25-/t36-/m1/s1. The van der Waals surface area contributed by atoms with Crippen LogP contribution in [0.1, 0.15) is 41.0 Å². The van der Waals surface area contributed by atoms with Crippen molar-refractivity contribution in [1.82, 2.24) is 15.6 Å². The monoisotopic (exact) mass is 639 g/mol. The molecule has 1 atom stereocenters. The quantitative estimate of drug-likeness (QED) is 0.0624. The molecule has 5 rings (SSSR count). The Morgan fingerprint density at radius 2 is 1.56 bits per heavy atom. The van der Waals surface area contributed by atoms with Crippen LogP contribution < -0.4 is 10.7 Å². The van der Waals surface area contributed by atoms with E-state index in [1.54, 1.807) is 12.1 Å². The first-order valence-electron chi connectivity index (χ1n) is 14.9. The van der Waals surface area contributed by atoms with Gasteiger partial charge >= 0.3 is 0 Å². The van der Waals surface area contributed by atoms with Crippen molar-refractivity contribution in [1.29, 1.82) is 5.41 Å². The smallest absolute Gasteiger partial charge is 0.253 e. The summed E-state index contributed by atoms with van der Waals surface area (Å²) < 4.78 is 0. The van der Waals surface area contributed by atoms with Gasteiger partial charge in [0.25, 0.3) is 5.91 Å². The average molecular weight is 641 g/mol. The van der Waals surface area contributed by atoms with Gasteiger partial charge in [0, 0.05) is 35.6 Å². The Kier molecular flexibility index (Phi) is 10.7. The first-order valence-corrected chi connectivity index (χ1v) is 15.7. The Balaban J connectivity index is 1.33. The van der Waals surface area contributed by atoms with Crippen LogP contribution >= 0.6 is 23.2 Å². The highest BCUT2D eigenvalue weighted by Crippen LogP contribution is 2.36. The summed E-state index contributed by atoms with van der Waals surface area (Å²) in [5.74, 6) is -0.561. The highest BCUT2D eigenvalue weighted by Gasteiger charge is 2.59. The van der Waals surface area contributed by atoms with E-state index in [4.69, 9.17) is 28.6 Å². The fourth-order valence-electron chi connectivity index (χ4n) is 5.69. The Hall–Kier alpha value is -4.46. The normalized spacial score (nSPS) is 16.1. The Labute approximate surface area is 273 Å². The van der Waals surface area contributed by atoms with E-state index in [0.717, 1.165) is 22.3 Å². The van der Waals surface area contributed by atoms with Crippen LogP contribution in [0.15, 0.2) is 114 Å². The number of rotatable bonds is 14. The number of nitrogens with zero attached hydrogens (tertiary/aromatic N) is 2. The lowest BCUT2D eigenvalue weighted by Crippen LogP contribution is -2.74. The van der Waals surface area contributed by atoms with Crippen LogP contribution in [0.25, 0.3) is 0 Å². The maximum atomic E-state index is 13.9. The van der Waals surface area contributed by atoms with Crippen molar-refractivity contribution in [2.45, 2.75) is 37.3 Å². The van der Waals surface area contributed by atoms with Gasteiger partial charge in [0.2, 0.25) is 5.91 Å². The van der Waals surface area contributed by atoms with Gasteiger partial charge in [0.05, 0.1) is 18.3 Å². The van der Waals surface area contributed by atoms with Crippen molar-refractivity contribution in [2.75, 3.05) is 13.1 Å². The first-order chi connectivity index (χ1) is 21.9. The summed E-state index contributed by atoms with van der Waals surface area (Å²) in [6.45, 7) is 1.03. The molecule has 4 aromatic rings. The fraction of sp³-hybridized carbons (Fsp3) is 0.222. The van der Waals surface area contributed by atoms with Gasteiger partial charge in [-0.2, -0.15) is 5.10 Å². The Bertz CT molecular complexity index is 1610. The summed E-state index contributed by atoms with van der Waals surface area (Å²) in [6, 6.07) is 35.2. The maximum absolute atomic E-state index is 13.9. The first kappa shape index (κ1) is 31.9. The molecule has 1 saturated heterocycles. The van der Waals surface area contributed by atoms with E-state index in [2.05, 4.69) is 40.1 Å². The van der Waals surface area contributed by atoms with E-state index in [1.165, 1.54) is 11.1 Å². The van der Waals surface area contributed by atoms with Crippen molar-refractivity contribution in [3.8, 4) is 0 Å². The number of hydrogen-bond acceptors (Lipinski definition) is 5. The molecule has 4 aromatic carbocycles. The molecule has 0 saturated carbocycles. The molecule has 7 nitrogen and oxygen atoms in total. The number of carbonyl (C=O) groups is 2. The molecule has 9 heteroatoms. The van der Waals surface area contributed by atoms with Gasteiger partial charge in [-0.1, -0.05) is 120 Å². The van der Waals surface area contributed by atoms with E-state index in [9.17, 15) is 9.59 Å². The topological polar surface area (TPSA) is 97.6 Å². The van der Waals surface area contributed by atoms with Gasteiger partial charge in [0.15, 0.2) is 5.54 Å². The summed E-state index contributed by atoms with van der Waals surface area (Å²) in [4.78, 5) is 28.6. The van der Waals surface area contributed by atoms with E-state index >= 15 is 0 Å². The fourth-order valence-corrected chi connectivity index (χ4v) is 6.19. The molecule has 0 aliphatic carbocycles. The second-order valence-corrected chi connectivity index (χ2v) is 11.8. The zero-order valence-electron chi connectivity index (χ0n) is 24.8. The molecule has 0 radical (unpaired) electrons. The molecule has 3 N–H and O–H groups in total. The molecule has 1 aliphatic rings. The van der Waals surface area contributed by atoms with Crippen LogP contribution in [0, 0.1) is 5.41 Å². The number of hydrogen-bond donors (Lipinski definition) is 3. The molecule has 0 bridgehead atoms. The van der Waals surface area contributed by atoms with Crippen molar-refractivity contribution in [2.24, 2.45) is 5.10 Å². The summed E-state index contributed by atoms with van der Waals surface area (Å²) in [5, 5.41) is 17.4. The van der Waals surface area contributed by atoms with Crippen LogP contribution in [-0.4, -0.2) is 47.3 Å². The predicted octanol–water partition coefficient (Wildman–Crippen LogP) is 6.64. The second kappa shape index (κ2) is 15.0. The number of β-lactam (4-membered cyclic amide) rings is 1. The van der Waals surface area contributed by atoms with Crippen molar-refractivity contribution < 1.29 is 9.59 Å². The number of halogens is 2. The third-order valence-corrected chi connectivity index (χ3v) is 8.72. The van der Waals surface area contributed by atoms with Gasteiger partial charge in [-0.15, -0.1) is 0 Å². The molecule has 2 amide bonds. The largest absolute Gasteiger partial charge is 0.350 e. The van der Waals surface area contributed by atoms with Crippen LogP contribution in [-0.2, 0) is 22.6 Å². The minimum atomic E-state index is -1.46. The summed E-state index contributed by atoms with van der Waals surface area (Å²) >= 11 is 12.3. The molecule has 0 aromatic heterocycles. The lowest BCUT2D eigenvalue weighted by Gasteiger charge is -2.50. The number of hydrazone groups is 1. The minimum Gasteiger partial charge on any atom is -0.350 e. The lowest BCUT2D eigenvalue weighted by atomic mass is 9.77. The van der Waals surface area contributed by atoms with E-state index in [1.807, 2.05) is 72.8 Å². The maximum Gasteiger partial charge on any atom is 0.253 e. The van der Waals surface area contributed by atoms with Gasteiger partial charge in [0.1, 0.15) is 0 Å². The van der Waals surface area contributed by atoms with Crippen molar-refractivity contribution >= 4 is 46.9 Å². The van der Waals surface area contributed by atoms with Crippen molar-refractivity contribution in [3.63, 3.8) is 0 Å². The molecular formula is C36H35Cl2N5O2. The van der Waals surface area contributed by atoms with Gasteiger partial charge in [-0.3, -0.25) is 9.59 Å². The highest BCUT2D eigenvalue weighted by atomic mass is 35.5. The van der Waals surface area contributed by atoms with Gasteiger partial charge < -0.3 is 21.1 Å². The zero-order valence-corrected chi connectivity index (χ0v) is 26.3.